The number of hydrogen-bond donors (Lipinski definition) is 5. The molecule has 0 saturated heterocycles. The fourth-order valence-electron chi connectivity index (χ4n) is 5.44. The van der Waals surface area contributed by atoms with Gasteiger partial charge in [-0.1, -0.05) is 6.07 Å². The van der Waals surface area contributed by atoms with Crippen molar-refractivity contribution in [2.24, 2.45) is 20.5 Å². The van der Waals surface area contributed by atoms with E-state index < -0.39 is 60.1 Å². The Morgan fingerprint density at radius 1 is 0.583 bits per heavy atom. The number of anilines is 4. The van der Waals surface area contributed by atoms with Crippen molar-refractivity contribution in [1.82, 2.24) is 15.0 Å². The van der Waals surface area contributed by atoms with Crippen molar-refractivity contribution in [2.45, 2.75) is 33.4 Å². The summed E-state index contributed by atoms with van der Waals surface area (Å²) >= 11 is 6.26. The number of nitrogens with zero attached hydrogens (tertiary/aromatic N) is 8. The second-order valence-electron chi connectivity index (χ2n) is 12.7. The molecule has 21 nitrogen and oxygen atoms in total. The van der Waals surface area contributed by atoms with Crippen molar-refractivity contribution in [1.29, 1.82) is 0 Å². The number of azo groups is 2. The zero-order valence-corrected chi connectivity index (χ0v) is 34.7. The summed E-state index contributed by atoms with van der Waals surface area (Å²) in [5.74, 6) is 0.210. The van der Waals surface area contributed by atoms with E-state index in [1.807, 2.05) is 0 Å². The van der Waals surface area contributed by atoms with Crippen LogP contribution in [0.5, 0.6) is 0 Å². The Hall–Kier alpha value is -5.90. The molecular formula is C34H28ClN9O12S4. The van der Waals surface area contributed by atoms with Gasteiger partial charge in [0.25, 0.3) is 40.5 Å². The molecule has 26 heteroatoms. The molecular weight excluding hydrogens is 890 g/mol. The van der Waals surface area contributed by atoms with Gasteiger partial charge in [0, 0.05) is 23.8 Å². The SMILES string of the molecule is Cc1cc(Nc2nc(Cl)nc(N(C)c3ccc(N=Nc4ccc5cc(S(=O)(=O)O)cc(S(=O)(=O)O)c5c4)c(C)c3)n2)ccc1N=Nc1cc(S(=O)(=O)O)cc(S(=O)(=O)O)c1. The van der Waals surface area contributed by atoms with Gasteiger partial charge >= 0.3 is 0 Å². The molecule has 5 N–H and O–H groups in total. The minimum Gasteiger partial charge on any atom is -0.324 e. The van der Waals surface area contributed by atoms with Crippen molar-refractivity contribution < 1.29 is 51.9 Å². The van der Waals surface area contributed by atoms with Crippen molar-refractivity contribution in [3.05, 3.63) is 101 Å². The van der Waals surface area contributed by atoms with Crippen LogP contribution in [-0.2, 0) is 40.5 Å². The summed E-state index contributed by atoms with van der Waals surface area (Å²) in [6, 6.07) is 17.9. The number of hydrogen-bond acceptors (Lipinski definition) is 17. The highest BCUT2D eigenvalue weighted by Gasteiger charge is 2.22. The quantitative estimate of drug-likeness (QED) is 0.0582. The van der Waals surface area contributed by atoms with Crippen molar-refractivity contribution in [3.63, 3.8) is 0 Å². The molecule has 0 amide bonds. The summed E-state index contributed by atoms with van der Waals surface area (Å²) in [5, 5.41) is 19.3. The predicted octanol–water partition coefficient (Wildman–Crippen LogP) is 7.62. The second-order valence-corrected chi connectivity index (χ2v) is 18.7. The second kappa shape index (κ2) is 16.3. The summed E-state index contributed by atoms with van der Waals surface area (Å²) in [4.78, 5) is 11.3. The molecule has 0 aliphatic heterocycles. The molecule has 0 spiro atoms. The Bertz CT molecular complexity index is 3210. The van der Waals surface area contributed by atoms with Crippen LogP contribution in [0.25, 0.3) is 10.8 Å². The molecule has 0 unspecified atom stereocenters. The highest BCUT2D eigenvalue weighted by atomic mass is 35.5. The first-order valence-corrected chi connectivity index (χ1v) is 22.6. The minimum absolute atomic E-state index is 0.0558. The molecule has 0 aliphatic rings. The first-order chi connectivity index (χ1) is 27.8. The smallest absolute Gasteiger partial charge is 0.295 e. The van der Waals surface area contributed by atoms with Gasteiger partial charge in [0.2, 0.25) is 17.2 Å². The summed E-state index contributed by atoms with van der Waals surface area (Å²) in [5.41, 5.74) is 2.89. The van der Waals surface area contributed by atoms with Gasteiger partial charge in [-0.05, 0) is 121 Å². The number of aromatic nitrogens is 3. The Balaban J connectivity index is 1.19. The maximum absolute atomic E-state index is 12.1. The van der Waals surface area contributed by atoms with E-state index >= 15 is 0 Å². The van der Waals surface area contributed by atoms with Crippen LogP contribution < -0.4 is 10.2 Å². The lowest BCUT2D eigenvalue weighted by atomic mass is 10.1. The van der Waals surface area contributed by atoms with Gasteiger partial charge in [0.05, 0.1) is 37.4 Å². The molecule has 0 aliphatic carbocycles. The molecule has 0 radical (unpaired) electrons. The number of halogens is 1. The van der Waals surface area contributed by atoms with Crippen LogP contribution in [0.1, 0.15) is 11.1 Å². The molecule has 312 valence electrons. The van der Waals surface area contributed by atoms with E-state index in [2.05, 4.69) is 40.7 Å². The van der Waals surface area contributed by atoms with Crippen LogP contribution in [0.4, 0.5) is 46.0 Å². The van der Waals surface area contributed by atoms with E-state index in [4.69, 9.17) is 11.6 Å². The fraction of sp³-hybridized carbons (Fsp3) is 0.0882. The monoisotopic (exact) mass is 917 g/mol. The van der Waals surface area contributed by atoms with Gasteiger partial charge in [-0.2, -0.15) is 69.1 Å². The molecule has 1 heterocycles. The predicted molar refractivity (Wildman–Crippen MR) is 217 cm³/mol. The Labute approximate surface area is 346 Å². The third kappa shape index (κ3) is 10.3. The third-order valence-corrected chi connectivity index (χ3v) is 11.9. The van der Waals surface area contributed by atoms with Crippen molar-refractivity contribution in [2.75, 3.05) is 17.3 Å². The first-order valence-electron chi connectivity index (χ1n) is 16.5. The molecule has 0 bridgehead atoms. The van der Waals surface area contributed by atoms with Gasteiger partial charge in [0.15, 0.2) is 0 Å². The minimum atomic E-state index is -4.91. The summed E-state index contributed by atoms with van der Waals surface area (Å²) in [6.45, 7) is 3.43. The van der Waals surface area contributed by atoms with Crippen LogP contribution >= 0.6 is 11.6 Å². The number of nitrogens with one attached hydrogen (secondary N) is 1. The number of benzene rings is 5. The fourth-order valence-corrected chi connectivity index (χ4v) is 8.11. The van der Waals surface area contributed by atoms with Gasteiger partial charge < -0.3 is 10.2 Å². The van der Waals surface area contributed by atoms with Crippen LogP contribution in [0.2, 0.25) is 5.28 Å². The molecule has 0 atom stereocenters. The van der Waals surface area contributed by atoms with E-state index in [-0.39, 0.29) is 39.3 Å². The topological polar surface area (TPSA) is 321 Å². The molecule has 0 saturated carbocycles. The van der Waals surface area contributed by atoms with Crippen molar-refractivity contribution >= 4 is 109 Å². The van der Waals surface area contributed by atoms with Crippen LogP contribution in [0.3, 0.4) is 0 Å². The van der Waals surface area contributed by atoms with Gasteiger partial charge in [0.1, 0.15) is 4.90 Å². The van der Waals surface area contributed by atoms with Gasteiger partial charge in [-0.25, -0.2) is 0 Å². The number of fused-ring (bicyclic) bond motifs is 1. The Kier molecular flexibility index (Phi) is 11.8. The highest BCUT2D eigenvalue weighted by Crippen LogP contribution is 2.34. The zero-order valence-electron chi connectivity index (χ0n) is 30.7. The van der Waals surface area contributed by atoms with Crippen LogP contribution in [0, 0.1) is 13.8 Å². The van der Waals surface area contributed by atoms with Gasteiger partial charge in [-0.3, -0.25) is 18.2 Å². The molecule has 6 aromatic rings. The maximum Gasteiger partial charge on any atom is 0.295 e. The van der Waals surface area contributed by atoms with E-state index in [0.717, 1.165) is 18.2 Å². The average Bonchev–Trinajstić information content (AvgIpc) is 3.14. The highest BCUT2D eigenvalue weighted by molar-refractivity contribution is 7.87. The summed E-state index contributed by atoms with van der Waals surface area (Å²) in [7, 11) is -17.7. The molecule has 6 rings (SSSR count). The van der Waals surface area contributed by atoms with E-state index in [1.165, 1.54) is 24.3 Å². The normalized spacial score (nSPS) is 12.7. The van der Waals surface area contributed by atoms with Gasteiger partial charge in [-0.15, -0.1) is 0 Å². The summed E-state index contributed by atoms with van der Waals surface area (Å²) in [6.07, 6.45) is 0. The standard InChI is InChI=1S/C34H28ClN9O12S4/c1-18-10-21(6-8-29(18)43-41-23-13-26(58(48,49)50)16-27(14-23)59(51,52)53)36-33-37-32(35)38-34(39-33)44(3)24-7-9-30(19(2)11-24)42-40-22-5-4-20-12-25(57(45,46)47)17-31(28(20)15-22)60(54,55)56/h4-17H,1-3H3,(H,45,46,47)(H,48,49,50)(H,51,52,53)(H,54,55,56)(H,36,37,38,39). The number of rotatable bonds is 12. The number of aryl methyl sites for hydroxylation is 2. The third-order valence-electron chi connectivity index (χ3n) is 8.37. The Morgan fingerprint density at radius 2 is 1.15 bits per heavy atom. The van der Waals surface area contributed by atoms with Crippen LogP contribution in [0.15, 0.2) is 125 Å². The van der Waals surface area contributed by atoms with E-state index in [9.17, 15) is 51.9 Å². The summed E-state index contributed by atoms with van der Waals surface area (Å²) < 4.78 is 132. The molecule has 60 heavy (non-hydrogen) atoms. The average molecular weight is 918 g/mol. The maximum atomic E-state index is 12.1. The molecule has 0 fully saturated rings. The van der Waals surface area contributed by atoms with E-state index in [0.29, 0.717) is 46.0 Å². The first kappa shape index (κ1) is 43.7. The van der Waals surface area contributed by atoms with E-state index in [1.54, 1.807) is 56.1 Å². The largest absolute Gasteiger partial charge is 0.324 e. The molecule has 1 aromatic heterocycles. The van der Waals surface area contributed by atoms with Crippen LogP contribution in [-0.4, -0.2) is 73.9 Å². The lowest BCUT2D eigenvalue weighted by molar-refractivity contribution is 0.477. The zero-order chi connectivity index (χ0) is 43.9. The lowest BCUT2D eigenvalue weighted by Gasteiger charge is -2.19. The molecule has 5 aromatic carbocycles. The lowest BCUT2D eigenvalue weighted by Crippen LogP contribution is -2.15. The van der Waals surface area contributed by atoms with Crippen molar-refractivity contribution in [3.8, 4) is 0 Å². The Morgan fingerprint density at radius 3 is 1.72 bits per heavy atom.